The van der Waals surface area contributed by atoms with Gasteiger partial charge in [-0.15, -0.1) is 0 Å². The number of thioether (sulfide) groups is 1. The Balaban J connectivity index is 1.52. The summed E-state index contributed by atoms with van der Waals surface area (Å²) in [6, 6.07) is 13.4. The largest absolute Gasteiger partial charge is 0.325 e. The fourth-order valence-electron chi connectivity index (χ4n) is 3.41. The maximum Gasteiger partial charge on any atom is 0.261 e. The van der Waals surface area contributed by atoms with Crippen molar-refractivity contribution in [3.8, 4) is 0 Å². The van der Waals surface area contributed by atoms with Crippen LogP contribution in [0.15, 0.2) is 52.4 Å². The van der Waals surface area contributed by atoms with Gasteiger partial charge in [-0.2, -0.15) is 0 Å². The first-order valence-corrected chi connectivity index (χ1v) is 9.96. The molecule has 0 aliphatic heterocycles. The van der Waals surface area contributed by atoms with Gasteiger partial charge in [0.05, 0.1) is 16.2 Å². The molecule has 27 heavy (non-hydrogen) atoms. The molecule has 4 rings (SSSR count). The standard InChI is InChI=1S/C21H21N3O2S/c1-13(19(25)22-16-11-10-14-6-5-7-15(14)12-16)27-21-23-18-9-4-3-8-17(18)20(26)24(21)2/h3-4,8-13H,5-7H2,1-2H3,(H,22,25)/t13-/m0/s1. The van der Waals surface area contributed by atoms with E-state index in [-0.39, 0.29) is 16.7 Å². The lowest BCUT2D eigenvalue weighted by Gasteiger charge is -2.14. The molecule has 0 radical (unpaired) electrons. The van der Waals surface area contributed by atoms with Gasteiger partial charge >= 0.3 is 0 Å². The number of nitrogens with zero attached hydrogens (tertiary/aromatic N) is 2. The molecule has 1 aliphatic carbocycles. The van der Waals surface area contributed by atoms with Crippen molar-refractivity contribution in [3.05, 3.63) is 63.9 Å². The molecule has 1 heterocycles. The topological polar surface area (TPSA) is 64.0 Å². The van der Waals surface area contributed by atoms with Gasteiger partial charge < -0.3 is 5.32 Å². The monoisotopic (exact) mass is 379 g/mol. The number of carbonyl (C=O) groups excluding carboxylic acids is 1. The van der Waals surface area contributed by atoms with Crippen LogP contribution >= 0.6 is 11.8 Å². The van der Waals surface area contributed by atoms with Crippen molar-refractivity contribution >= 4 is 34.3 Å². The Bertz CT molecular complexity index is 1090. The molecule has 1 aliphatic rings. The van der Waals surface area contributed by atoms with E-state index in [1.165, 1.54) is 33.9 Å². The van der Waals surface area contributed by atoms with E-state index in [1.54, 1.807) is 13.1 Å². The number of hydrogen-bond acceptors (Lipinski definition) is 4. The van der Waals surface area contributed by atoms with Crippen LogP contribution in [0.1, 0.15) is 24.5 Å². The summed E-state index contributed by atoms with van der Waals surface area (Å²) in [7, 11) is 1.69. The van der Waals surface area contributed by atoms with Crippen molar-refractivity contribution in [2.75, 3.05) is 5.32 Å². The molecule has 1 aromatic heterocycles. The van der Waals surface area contributed by atoms with Crippen LogP contribution in [-0.4, -0.2) is 20.7 Å². The highest BCUT2D eigenvalue weighted by atomic mass is 32.2. The smallest absolute Gasteiger partial charge is 0.261 e. The molecule has 3 aromatic rings. The molecule has 0 spiro atoms. The summed E-state index contributed by atoms with van der Waals surface area (Å²) < 4.78 is 1.51. The zero-order valence-corrected chi connectivity index (χ0v) is 16.2. The third-order valence-electron chi connectivity index (χ3n) is 4.96. The predicted molar refractivity (Wildman–Crippen MR) is 109 cm³/mol. The number of para-hydroxylation sites is 1. The molecule has 0 unspecified atom stereocenters. The molecule has 138 valence electrons. The third kappa shape index (κ3) is 3.49. The van der Waals surface area contributed by atoms with Crippen LogP contribution in [0.25, 0.3) is 10.9 Å². The summed E-state index contributed by atoms with van der Waals surface area (Å²) in [6.45, 7) is 1.83. The van der Waals surface area contributed by atoms with Crippen molar-refractivity contribution in [1.82, 2.24) is 9.55 Å². The molecular formula is C21H21N3O2S. The van der Waals surface area contributed by atoms with Crippen LogP contribution in [0, 0.1) is 0 Å². The second kappa shape index (κ2) is 7.19. The lowest BCUT2D eigenvalue weighted by molar-refractivity contribution is -0.115. The van der Waals surface area contributed by atoms with E-state index in [1.807, 2.05) is 31.2 Å². The first-order chi connectivity index (χ1) is 13.0. The summed E-state index contributed by atoms with van der Waals surface area (Å²) in [4.78, 5) is 29.7. The molecule has 0 saturated carbocycles. The maximum absolute atomic E-state index is 12.6. The Morgan fingerprint density at radius 2 is 1.96 bits per heavy atom. The molecule has 0 fully saturated rings. The summed E-state index contributed by atoms with van der Waals surface area (Å²) in [5.41, 5.74) is 4.08. The van der Waals surface area contributed by atoms with Gasteiger partial charge in [-0.05, 0) is 61.6 Å². The van der Waals surface area contributed by atoms with Gasteiger partial charge in [-0.3, -0.25) is 14.2 Å². The minimum Gasteiger partial charge on any atom is -0.325 e. The normalized spacial score (nSPS) is 14.1. The Hall–Kier alpha value is -2.60. The van der Waals surface area contributed by atoms with Crippen molar-refractivity contribution in [2.24, 2.45) is 7.05 Å². The third-order valence-corrected chi connectivity index (χ3v) is 6.10. The number of rotatable bonds is 4. The second-order valence-electron chi connectivity index (χ2n) is 6.86. The Kier molecular flexibility index (Phi) is 4.74. The van der Waals surface area contributed by atoms with Gasteiger partial charge in [0, 0.05) is 12.7 Å². The first kappa shape index (κ1) is 17.8. The number of nitrogens with one attached hydrogen (secondary N) is 1. The Morgan fingerprint density at radius 1 is 1.19 bits per heavy atom. The highest BCUT2D eigenvalue weighted by Crippen LogP contribution is 2.26. The highest BCUT2D eigenvalue weighted by molar-refractivity contribution is 8.00. The molecule has 1 atom stereocenters. The quantitative estimate of drug-likeness (QED) is 0.556. The van der Waals surface area contributed by atoms with Crippen LogP contribution in [-0.2, 0) is 24.7 Å². The van der Waals surface area contributed by atoms with E-state index < -0.39 is 0 Å². The van der Waals surface area contributed by atoms with Gasteiger partial charge in [-0.25, -0.2) is 4.98 Å². The van der Waals surface area contributed by atoms with Gasteiger partial charge in [0.1, 0.15) is 0 Å². The van der Waals surface area contributed by atoms with E-state index in [4.69, 9.17) is 0 Å². The van der Waals surface area contributed by atoms with Crippen molar-refractivity contribution in [3.63, 3.8) is 0 Å². The SMILES string of the molecule is C[C@H](Sc1nc2ccccc2c(=O)n1C)C(=O)Nc1ccc2c(c1)CCC2. The van der Waals surface area contributed by atoms with E-state index in [0.29, 0.717) is 16.1 Å². The van der Waals surface area contributed by atoms with E-state index >= 15 is 0 Å². The highest BCUT2D eigenvalue weighted by Gasteiger charge is 2.19. The van der Waals surface area contributed by atoms with Crippen LogP contribution in [0.5, 0.6) is 0 Å². The van der Waals surface area contributed by atoms with Crippen molar-refractivity contribution < 1.29 is 4.79 Å². The fraction of sp³-hybridized carbons (Fsp3) is 0.286. The molecule has 0 saturated heterocycles. The summed E-state index contributed by atoms with van der Waals surface area (Å²) >= 11 is 1.29. The minimum atomic E-state index is -0.377. The number of benzene rings is 2. The van der Waals surface area contributed by atoms with E-state index in [0.717, 1.165) is 18.5 Å². The molecule has 6 heteroatoms. The fourth-order valence-corrected chi connectivity index (χ4v) is 4.28. The van der Waals surface area contributed by atoms with E-state index in [2.05, 4.69) is 22.4 Å². The van der Waals surface area contributed by atoms with Gasteiger partial charge in [0.2, 0.25) is 5.91 Å². The number of carbonyl (C=O) groups is 1. The van der Waals surface area contributed by atoms with Crippen LogP contribution in [0.2, 0.25) is 0 Å². The Labute approximate surface area is 161 Å². The number of hydrogen-bond donors (Lipinski definition) is 1. The average molecular weight is 379 g/mol. The first-order valence-electron chi connectivity index (χ1n) is 9.08. The number of anilines is 1. The lowest BCUT2D eigenvalue weighted by Crippen LogP contribution is -2.25. The lowest BCUT2D eigenvalue weighted by atomic mass is 10.1. The molecule has 0 bridgehead atoms. The number of aromatic nitrogens is 2. The molecule has 2 aromatic carbocycles. The molecule has 5 nitrogen and oxygen atoms in total. The number of amides is 1. The Morgan fingerprint density at radius 3 is 2.81 bits per heavy atom. The predicted octanol–water partition coefficient (Wildman–Crippen LogP) is 3.54. The number of fused-ring (bicyclic) bond motifs is 2. The summed E-state index contributed by atoms with van der Waals surface area (Å²) in [6.07, 6.45) is 3.38. The van der Waals surface area contributed by atoms with Gasteiger partial charge in [0.25, 0.3) is 5.56 Å². The maximum atomic E-state index is 12.6. The van der Waals surface area contributed by atoms with Crippen molar-refractivity contribution in [1.29, 1.82) is 0 Å². The van der Waals surface area contributed by atoms with Gasteiger partial charge in [-0.1, -0.05) is 30.0 Å². The van der Waals surface area contributed by atoms with Crippen molar-refractivity contribution in [2.45, 2.75) is 36.6 Å². The number of aryl methyl sites for hydroxylation is 2. The zero-order chi connectivity index (χ0) is 19.0. The average Bonchev–Trinajstić information content (AvgIpc) is 3.13. The van der Waals surface area contributed by atoms with Gasteiger partial charge in [0.15, 0.2) is 5.16 Å². The van der Waals surface area contributed by atoms with Crippen LogP contribution in [0.4, 0.5) is 5.69 Å². The minimum absolute atomic E-state index is 0.0969. The molecule has 1 amide bonds. The van der Waals surface area contributed by atoms with Crippen LogP contribution in [0.3, 0.4) is 0 Å². The molecule has 1 N–H and O–H groups in total. The summed E-state index contributed by atoms with van der Waals surface area (Å²) in [5, 5.41) is 3.73. The second-order valence-corrected chi connectivity index (χ2v) is 8.17. The zero-order valence-electron chi connectivity index (χ0n) is 15.4. The van der Waals surface area contributed by atoms with Crippen LogP contribution < -0.4 is 10.9 Å². The summed E-state index contributed by atoms with van der Waals surface area (Å²) in [5.74, 6) is -0.0969. The molecular weight excluding hydrogens is 358 g/mol. The van der Waals surface area contributed by atoms with E-state index in [9.17, 15) is 9.59 Å².